The van der Waals surface area contributed by atoms with Crippen LogP contribution >= 0.6 is 0 Å². The fraction of sp³-hybridized carbons (Fsp3) is 0.571. The van der Waals surface area contributed by atoms with Gasteiger partial charge in [0, 0.05) is 32.5 Å². The summed E-state index contributed by atoms with van der Waals surface area (Å²) in [6.45, 7) is 3.22. The monoisotopic (exact) mass is 279 g/mol. The lowest BCUT2D eigenvalue weighted by Crippen LogP contribution is -2.37. The first-order valence-electron chi connectivity index (χ1n) is 6.79. The molecule has 2 rings (SSSR count). The number of rotatable bonds is 4. The number of anilines is 1. The Bertz CT molecular complexity index is 541. The van der Waals surface area contributed by atoms with Gasteiger partial charge < -0.3 is 14.6 Å². The topological polar surface area (TPSA) is 63.6 Å². The number of nitrogens with one attached hydrogen (secondary N) is 1. The number of carbonyl (C=O) groups excluding carboxylic acids is 1. The van der Waals surface area contributed by atoms with E-state index in [9.17, 15) is 9.59 Å². The molecule has 2 heterocycles. The molecule has 1 saturated heterocycles. The fourth-order valence-electron chi connectivity index (χ4n) is 2.51. The molecule has 0 aromatic carbocycles. The number of aryl methyl sites for hydroxylation is 1. The molecule has 1 aromatic heterocycles. The van der Waals surface area contributed by atoms with E-state index in [0.717, 1.165) is 6.54 Å². The Labute approximate surface area is 118 Å². The van der Waals surface area contributed by atoms with E-state index < -0.39 is 0 Å². The summed E-state index contributed by atoms with van der Waals surface area (Å²) < 4.78 is 6.86. The molecule has 0 spiro atoms. The van der Waals surface area contributed by atoms with Crippen LogP contribution in [0.3, 0.4) is 0 Å². The number of pyridine rings is 1. The number of methoxy groups -OCH3 is 1. The van der Waals surface area contributed by atoms with Crippen LogP contribution in [-0.2, 0) is 16.1 Å². The lowest BCUT2D eigenvalue weighted by molar-refractivity contribution is -0.120. The summed E-state index contributed by atoms with van der Waals surface area (Å²) in [5, 5.41) is 2.86. The van der Waals surface area contributed by atoms with Crippen molar-refractivity contribution in [2.75, 3.05) is 26.0 Å². The second kappa shape index (κ2) is 6.19. The second-order valence-corrected chi connectivity index (χ2v) is 5.08. The summed E-state index contributed by atoms with van der Waals surface area (Å²) in [5.41, 5.74) is 0.577. The molecule has 20 heavy (non-hydrogen) atoms. The molecule has 1 N–H and O–H groups in total. The Morgan fingerprint density at radius 3 is 2.85 bits per heavy atom. The van der Waals surface area contributed by atoms with Crippen molar-refractivity contribution in [3.63, 3.8) is 0 Å². The first-order valence-corrected chi connectivity index (χ1v) is 6.79. The second-order valence-electron chi connectivity index (χ2n) is 5.08. The number of carbonyl (C=O) groups is 1. The number of hydrogen-bond acceptors (Lipinski definition) is 4. The lowest BCUT2D eigenvalue weighted by Gasteiger charge is -2.18. The van der Waals surface area contributed by atoms with E-state index in [1.807, 2.05) is 18.9 Å². The molecule has 0 bridgehead atoms. The molecule has 6 nitrogen and oxygen atoms in total. The molecule has 1 aliphatic rings. The van der Waals surface area contributed by atoms with E-state index in [0.29, 0.717) is 18.7 Å². The van der Waals surface area contributed by atoms with Gasteiger partial charge in [0.2, 0.25) is 5.91 Å². The molecule has 1 aliphatic heterocycles. The van der Waals surface area contributed by atoms with Crippen molar-refractivity contribution in [2.45, 2.75) is 32.0 Å². The predicted octanol–water partition coefficient (Wildman–Crippen LogP) is 0.526. The normalized spacial score (nSPS) is 22.9. The smallest absolute Gasteiger partial charge is 0.250 e. The van der Waals surface area contributed by atoms with Crippen LogP contribution in [-0.4, -0.2) is 48.2 Å². The third-order valence-corrected chi connectivity index (χ3v) is 3.74. The Morgan fingerprint density at radius 1 is 1.50 bits per heavy atom. The Kier molecular flexibility index (Phi) is 4.57. The van der Waals surface area contributed by atoms with Crippen LogP contribution < -0.4 is 10.9 Å². The van der Waals surface area contributed by atoms with E-state index in [4.69, 9.17) is 4.74 Å². The summed E-state index contributed by atoms with van der Waals surface area (Å²) in [5.74, 6) is -0.0617. The summed E-state index contributed by atoms with van der Waals surface area (Å²) in [6.07, 6.45) is 2.45. The quantitative estimate of drug-likeness (QED) is 0.873. The van der Waals surface area contributed by atoms with E-state index in [2.05, 4.69) is 5.32 Å². The molecule has 1 unspecified atom stereocenters. The molecule has 0 saturated carbocycles. The van der Waals surface area contributed by atoms with Gasteiger partial charge in [0.25, 0.3) is 5.56 Å². The van der Waals surface area contributed by atoms with Gasteiger partial charge >= 0.3 is 0 Å². The van der Waals surface area contributed by atoms with Gasteiger partial charge in [-0.1, -0.05) is 0 Å². The summed E-state index contributed by atoms with van der Waals surface area (Å²) >= 11 is 0. The predicted molar refractivity (Wildman–Crippen MR) is 76.8 cm³/mol. The van der Waals surface area contributed by atoms with Gasteiger partial charge in [0.05, 0.1) is 17.8 Å². The maximum Gasteiger partial charge on any atom is 0.250 e. The lowest BCUT2D eigenvalue weighted by atomic mass is 10.2. The number of nitrogens with zero attached hydrogens (tertiary/aromatic N) is 2. The molecule has 1 fully saturated rings. The van der Waals surface area contributed by atoms with Crippen LogP contribution in [0.15, 0.2) is 23.1 Å². The number of amides is 1. The van der Waals surface area contributed by atoms with Gasteiger partial charge in [-0.3, -0.25) is 14.5 Å². The maximum atomic E-state index is 12.3. The van der Waals surface area contributed by atoms with Crippen molar-refractivity contribution in [3.05, 3.63) is 28.7 Å². The summed E-state index contributed by atoms with van der Waals surface area (Å²) in [7, 11) is 3.58. The molecule has 0 radical (unpaired) electrons. The number of aromatic nitrogens is 1. The van der Waals surface area contributed by atoms with E-state index in [1.54, 1.807) is 23.9 Å². The first-order chi connectivity index (χ1) is 9.55. The highest BCUT2D eigenvalue weighted by Gasteiger charge is 2.34. The van der Waals surface area contributed by atoms with Crippen molar-refractivity contribution >= 4 is 11.6 Å². The fourth-order valence-corrected chi connectivity index (χ4v) is 2.51. The minimum atomic E-state index is -0.193. The largest absolute Gasteiger partial charge is 0.380 e. The van der Waals surface area contributed by atoms with Crippen molar-refractivity contribution in [1.29, 1.82) is 0 Å². The average molecular weight is 279 g/mol. The summed E-state index contributed by atoms with van der Waals surface area (Å²) in [4.78, 5) is 25.8. The van der Waals surface area contributed by atoms with Gasteiger partial charge in [-0.15, -0.1) is 0 Å². The molecule has 110 valence electrons. The minimum absolute atomic E-state index is 0.0617. The van der Waals surface area contributed by atoms with Gasteiger partial charge in [-0.2, -0.15) is 0 Å². The van der Waals surface area contributed by atoms with E-state index in [1.165, 1.54) is 6.07 Å². The minimum Gasteiger partial charge on any atom is -0.380 e. The molecule has 0 aliphatic carbocycles. The van der Waals surface area contributed by atoms with Crippen molar-refractivity contribution in [3.8, 4) is 0 Å². The average Bonchev–Trinajstić information content (AvgIpc) is 2.82. The maximum absolute atomic E-state index is 12.3. The van der Waals surface area contributed by atoms with Crippen LogP contribution in [0.4, 0.5) is 5.69 Å². The summed E-state index contributed by atoms with van der Waals surface area (Å²) in [6, 6.07) is 2.91. The standard InChI is InChI=1S/C14H21N3O3/c1-4-17-8-10(5-6-13(17)18)15-14(19)12-7-11(20-3)9-16(12)2/h5-6,8,11-12H,4,7,9H2,1-3H3,(H,15,19)/t11-,12?/m0/s1. The number of ether oxygens (including phenoxy) is 1. The third-order valence-electron chi connectivity index (χ3n) is 3.74. The van der Waals surface area contributed by atoms with Gasteiger partial charge in [-0.05, 0) is 26.5 Å². The van der Waals surface area contributed by atoms with Crippen LogP contribution in [0.1, 0.15) is 13.3 Å². The molecular weight excluding hydrogens is 258 g/mol. The zero-order valence-corrected chi connectivity index (χ0v) is 12.1. The van der Waals surface area contributed by atoms with Crippen LogP contribution in [0.25, 0.3) is 0 Å². The Balaban J connectivity index is 2.06. The number of hydrogen-bond donors (Lipinski definition) is 1. The zero-order chi connectivity index (χ0) is 14.7. The number of likely N-dealkylation sites (tertiary alicyclic amines) is 1. The molecule has 6 heteroatoms. The highest BCUT2D eigenvalue weighted by molar-refractivity contribution is 5.94. The Morgan fingerprint density at radius 2 is 2.25 bits per heavy atom. The SMILES string of the molecule is CCn1cc(NC(=O)C2C[C@H](OC)CN2C)ccc1=O. The molecule has 1 aromatic rings. The highest BCUT2D eigenvalue weighted by Crippen LogP contribution is 2.19. The van der Waals surface area contributed by atoms with Crippen LogP contribution in [0.2, 0.25) is 0 Å². The van der Waals surface area contributed by atoms with Gasteiger partial charge in [0.15, 0.2) is 0 Å². The zero-order valence-electron chi connectivity index (χ0n) is 12.1. The third kappa shape index (κ3) is 3.08. The van der Waals surface area contributed by atoms with Crippen LogP contribution in [0, 0.1) is 0 Å². The molecule has 1 amide bonds. The van der Waals surface area contributed by atoms with E-state index in [-0.39, 0.29) is 23.6 Å². The highest BCUT2D eigenvalue weighted by atomic mass is 16.5. The van der Waals surface area contributed by atoms with Crippen molar-refractivity contribution < 1.29 is 9.53 Å². The van der Waals surface area contributed by atoms with Gasteiger partial charge in [0.1, 0.15) is 0 Å². The first kappa shape index (κ1) is 14.7. The van der Waals surface area contributed by atoms with Gasteiger partial charge in [-0.25, -0.2) is 0 Å². The van der Waals surface area contributed by atoms with E-state index >= 15 is 0 Å². The van der Waals surface area contributed by atoms with Crippen molar-refractivity contribution in [2.24, 2.45) is 0 Å². The molecular formula is C14H21N3O3. The van der Waals surface area contributed by atoms with Crippen LogP contribution in [0.5, 0.6) is 0 Å². The van der Waals surface area contributed by atoms with Crippen molar-refractivity contribution in [1.82, 2.24) is 9.47 Å². The number of likely N-dealkylation sites (N-methyl/N-ethyl adjacent to an activating group) is 1. The Hall–Kier alpha value is -1.66. The molecule has 2 atom stereocenters.